The van der Waals surface area contributed by atoms with Gasteiger partial charge in [0.15, 0.2) is 0 Å². The fourth-order valence-corrected chi connectivity index (χ4v) is 5.29. The number of rotatable bonds is 4. The van der Waals surface area contributed by atoms with Gasteiger partial charge in [0.2, 0.25) is 9.84 Å². The Balaban J connectivity index is 1.97. The highest BCUT2D eigenvalue weighted by Gasteiger charge is 2.25. The van der Waals surface area contributed by atoms with E-state index in [1.54, 1.807) is 36.4 Å². The zero-order valence-corrected chi connectivity index (χ0v) is 17.5. The van der Waals surface area contributed by atoms with Crippen LogP contribution in [0.5, 0.6) is 0 Å². The Morgan fingerprint density at radius 3 is 1.28 bits per heavy atom. The molecule has 0 fully saturated rings. The summed E-state index contributed by atoms with van der Waals surface area (Å²) < 4.78 is 27.5. The van der Waals surface area contributed by atoms with Crippen LogP contribution in [0.25, 0.3) is 22.3 Å². The number of hydrogen-bond donors (Lipinski definition) is 0. The zero-order chi connectivity index (χ0) is 20.4. The van der Waals surface area contributed by atoms with Crippen LogP contribution < -0.4 is 0 Å². The monoisotopic (exact) mass is 438 g/mol. The van der Waals surface area contributed by atoms with Crippen LogP contribution in [-0.4, -0.2) is 8.42 Å². The van der Waals surface area contributed by atoms with Crippen LogP contribution in [0.2, 0.25) is 10.0 Å². The van der Waals surface area contributed by atoms with Crippen LogP contribution in [0.15, 0.2) is 107 Å². The summed E-state index contributed by atoms with van der Waals surface area (Å²) in [6.45, 7) is 0. The fraction of sp³-hybridized carbons (Fsp3) is 0. The SMILES string of the molecule is O=S(=O)(c1ccc(Cl)cc1-c1ccccc1)c1ccc(Cl)cc1-c1ccccc1. The highest BCUT2D eigenvalue weighted by molar-refractivity contribution is 7.91. The maximum atomic E-state index is 13.8. The minimum Gasteiger partial charge on any atom is -0.218 e. The summed E-state index contributed by atoms with van der Waals surface area (Å²) in [6, 6.07) is 28.4. The normalized spacial score (nSPS) is 11.4. The van der Waals surface area contributed by atoms with Crippen molar-refractivity contribution in [2.75, 3.05) is 0 Å². The molecule has 0 aliphatic heterocycles. The zero-order valence-electron chi connectivity index (χ0n) is 15.2. The molecule has 0 unspecified atom stereocenters. The Kier molecular flexibility index (Phi) is 5.46. The molecule has 0 atom stereocenters. The van der Waals surface area contributed by atoms with Crippen LogP contribution in [0.1, 0.15) is 0 Å². The molecule has 0 N–H and O–H groups in total. The first-order chi connectivity index (χ1) is 14.0. The largest absolute Gasteiger partial charge is 0.218 e. The molecule has 0 spiro atoms. The molecule has 0 saturated heterocycles. The lowest BCUT2D eigenvalue weighted by molar-refractivity contribution is 0.596. The molecule has 0 aliphatic rings. The van der Waals surface area contributed by atoms with E-state index in [4.69, 9.17) is 23.2 Å². The van der Waals surface area contributed by atoms with E-state index in [9.17, 15) is 8.42 Å². The van der Waals surface area contributed by atoms with Crippen molar-refractivity contribution in [3.05, 3.63) is 107 Å². The van der Waals surface area contributed by atoms with Crippen molar-refractivity contribution in [1.82, 2.24) is 0 Å². The van der Waals surface area contributed by atoms with Gasteiger partial charge in [-0.05, 0) is 47.5 Å². The molecule has 2 nitrogen and oxygen atoms in total. The summed E-state index contributed by atoms with van der Waals surface area (Å²) in [5, 5.41) is 0.949. The topological polar surface area (TPSA) is 34.1 Å². The van der Waals surface area contributed by atoms with Crippen LogP contribution >= 0.6 is 23.2 Å². The first kappa shape index (κ1) is 19.7. The van der Waals surface area contributed by atoms with Gasteiger partial charge in [0.05, 0.1) is 9.79 Å². The molecule has 4 aromatic carbocycles. The Hall–Kier alpha value is -2.59. The van der Waals surface area contributed by atoms with Gasteiger partial charge >= 0.3 is 0 Å². The van der Waals surface area contributed by atoms with Gasteiger partial charge in [0.1, 0.15) is 0 Å². The van der Waals surface area contributed by atoms with Gasteiger partial charge in [-0.1, -0.05) is 83.9 Å². The Bertz CT molecular complexity index is 1170. The molecule has 0 heterocycles. The van der Waals surface area contributed by atoms with E-state index in [0.717, 1.165) is 11.1 Å². The minimum absolute atomic E-state index is 0.201. The van der Waals surface area contributed by atoms with E-state index in [0.29, 0.717) is 21.2 Å². The molecule has 0 aromatic heterocycles. The smallest absolute Gasteiger partial charge is 0.207 e. The summed E-state index contributed by atoms with van der Waals surface area (Å²) in [4.78, 5) is 0.403. The summed E-state index contributed by atoms with van der Waals surface area (Å²) in [5.41, 5.74) is 2.69. The van der Waals surface area contributed by atoms with Gasteiger partial charge in [-0.15, -0.1) is 0 Å². The van der Waals surface area contributed by atoms with Gasteiger partial charge in [-0.25, -0.2) is 8.42 Å². The standard InChI is InChI=1S/C24H16Cl2O2S/c25-19-11-13-23(21(15-19)17-7-3-1-4-8-17)29(27,28)24-14-12-20(26)16-22(24)18-9-5-2-6-10-18/h1-16H. The molecular formula is C24H16Cl2O2S. The fourth-order valence-electron chi connectivity index (χ4n) is 3.28. The van der Waals surface area contributed by atoms with E-state index < -0.39 is 9.84 Å². The van der Waals surface area contributed by atoms with E-state index >= 15 is 0 Å². The van der Waals surface area contributed by atoms with Crippen molar-refractivity contribution in [2.24, 2.45) is 0 Å². The molecule has 0 saturated carbocycles. The quantitative estimate of drug-likeness (QED) is 0.338. The number of benzene rings is 4. The van der Waals surface area contributed by atoms with Crippen molar-refractivity contribution in [3.8, 4) is 22.3 Å². The molecule has 4 rings (SSSR count). The third-order valence-electron chi connectivity index (χ3n) is 4.63. The maximum absolute atomic E-state index is 13.8. The minimum atomic E-state index is -3.85. The van der Waals surface area contributed by atoms with Gasteiger partial charge in [-0.2, -0.15) is 0 Å². The molecule has 0 aliphatic carbocycles. The van der Waals surface area contributed by atoms with Crippen molar-refractivity contribution in [1.29, 1.82) is 0 Å². The Morgan fingerprint density at radius 2 is 0.897 bits per heavy atom. The third kappa shape index (κ3) is 3.95. The lowest BCUT2D eigenvalue weighted by Gasteiger charge is -2.15. The molecule has 0 bridgehead atoms. The molecule has 144 valence electrons. The lowest BCUT2D eigenvalue weighted by Crippen LogP contribution is -2.06. The summed E-state index contributed by atoms with van der Waals surface area (Å²) in [6.07, 6.45) is 0. The third-order valence-corrected chi connectivity index (χ3v) is 6.97. The second-order valence-corrected chi connectivity index (χ2v) is 9.28. The predicted octanol–water partition coefficient (Wildman–Crippen LogP) is 7.16. The van der Waals surface area contributed by atoms with E-state index in [-0.39, 0.29) is 9.79 Å². The van der Waals surface area contributed by atoms with Crippen molar-refractivity contribution < 1.29 is 8.42 Å². The lowest BCUT2D eigenvalue weighted by atomic mass is 10.1. The van der Waals surface area contributed by atoms with Gasteiger partial charge in [0.25, 0.3) is 0 Å². The highest BCUT2D eigenvalue weighted by atomic mass is 35.5. The maximum Gasteiger partial charge on any atom is 0.207 e. The molecule has 0 radical (unpaired) electrons. The first-order valence-corrected chi connectivity index (χ1v) is 11.2. The first-order valence-electron chi connectivity index (χ1n) is 8.92. The predicted molar refractivity (Wildman–Crippen MR) is 119 cm³/mol. The second kappa shape index (κ2) is 8.03. The highest BCUT2D eigenvalue weighted by Crippen LogP contribution is 2.38. The molecule has 0 amide bonds. The van der Waals surface area contributed by atoms with Crippen molar-refractivity contribution >= 4 is 33.0 Å². The Labute approximate surface area is 180 Å². The molecule has 5 heteroatoms. The van der Waals surface area contributed by atoms with Gasteiger partial charge < -0.3 is 0 Å². The molecule has 29 heavy (non-hydrogen) atoms. The average molecular weight is 439 g/mol. The Morgan fingerprint density at radius 1 is 0.517 bits per heavy atom. The number of hydrogen-bond acceptors (Lipinski definition) is 2. The van der Waals surface area contributed by atoms with Gasteiger partial charge in [-0.3, -0.25) is 0 Å². The molecule has 4 aromatic rings. The summed E-state index contributed by atoms with van der Waals surface area (Å²) in [7, 11) is -3.85. The van der Waals surface area contributed by atoms with Crippen molar-refractivity contribution in [2.45, 2.75) is 9.79 Å². The van der Waals surface area contributed by atoms with E-state index in [2.05, 4.69) is 0 Å². The van der Waals surface area contributed by atoms with Crippen LogP contribution in [-0.2, 0) is 9.84 Å². The summed E-state index contributed by atoms with van der Waals surface area (Å²) >= 11 is 12.4. The summed E-state index contributed by atoms with van der Waals surface area (Å²) in [5.74, 6) is 0. The average Bonchev–Trinajstić information content (AvgIpc) is 2.74. The van der Waals surface area contributed by atoms with Crippen molar-refractivity contribution in [3.63, 3.8) is 0 Å². The van der Waals surface area contributed by atoms with Crippen LogP contribution in [0, 0.1) is 0 Å². The number of sulfone groups is 1. The van der Waals surface area contributed by atoms with Crippen LogP contribution in [0.3, 0.4) is 0 Å². The van der Waals surface area contributed by atoms with E-state index in [1.807, 2.05) is 60.7 Å². The molecular weight excluding hydrogens is 423 g/mol. The van der Waals surface area contributed by atoms with E-state index in [1.165, 1.54) is 0 Å². The number of halogens is 2. The second-order valence-electron chi connectivity index (χ2n) is 6.52. The van der Waals surface area contributed by atoms with Crippen LogP contribution in [0.4, 0.5) is 0 Å². The van der Waals surface area contributed by atoms with Gasteiger partial charge in [0, 0.05) is 21.2 Å².